The lowest BCUT2D eigenvalue weighted by Gasteiger charge is -2.12. The number of guanidine groups is 1. The van der Waals surface area contributed by atoms with Crippen molar-refractivity contribution in [3.05, 3.63) is 47.0 Å². The third-order valence-electron chi connectivity index (χ3n) is 3.63. The summed E-state index contributed by atoms with van der Waals surface area (Å²) in [7, 11) is 3.64. The Morgan fingerprint density at radius 3 is 2.73 bits per heavy atom. The molecule has 0 aliphatic heterocycles. The molecule has 118 valence electrons. The molecule has 1 heterocycles. The molecule has 2 rings (SSSR count). The van der Waals surface area contributed by atoms with Crippen LogP contribution in [-0.2, 0) is 20.0 Å². The number of benzene rings is 1. The van der Waals surface area contributed by atoms with Crippen LogP contribution in [0.15, 0.2) is 29.5 Å². The Morgan fingerprint density at radius 1 is 1.27 bits per heavy atom. The van der Waals surface area contributed by atoms with Gasteiger partial charge in [-0.05, 0) is 31.4 Å². The molecule has 0 amide bonds. The van der Waals surface area contributed by atoms with Crippen LogP contribution < -0.4 is 10.6 Å². The van der Waals surface area contributed by atoms with E-state index in [2.05, 4.69) is 57.8 Å². The van der Waals surface area contributed by atoms with Crippen LogP contribution in [0, 0.1) is 13.8 Å². The van der Waals surface area contributed by atoms with Crippen molar-refractivity contribution in [3.8, 4) is 0 Å². The van der Waals surface area contributed by atoms with Gasteiger partial charge >= 0.3 is 0 Å². The monoisotopic (exact) mass is 300 g/mol. The molecular formula is C16H24N6. The number of aliphatic imine (C=N–C) groups is 1. The molecule has 0 aliphatic carbocycles. The zero-order valence-electron chi connectivity index (χ0n) is 13.7. The first-order valence-corrected chi connectivity index (χ1v) is 7.43. The predicted molar refractivity (Wildman–Crippen MR) is 88.8 cm³/mol. The number of aromatic nitrogens is 3. The van der Waals surface area contributed by atoms with E-state index < -0.39 is 0 Å². The van der Waals surface area contributed by atoms with E-state index in [0.717, 1.165) is 24.7 Å². The summed E-state index contributed by atoms with van der Waals surface area (Å²) in [5.74, 6) is 1.64. The Balaban J connectivity index is 1.80. The minimum atomic E-state index is 0.597. The fourth-order valence-electron chi connectivity index (χ4n) is 2.31. The molecule has 0 unspecified atom stereocenters. The number of rotatable bonds is 5. The topological polar surface area (TPSA) is 67.1 Å². The summed E-state index contributed by atoms with van der Waals surface area (Å²) in [4.78, 5) is 8.40. The number of nitrogens with one attached hydrogen (secondary N) is 2. The predicted octanol–water partition coefficient (Wildman–Crippen LogP) is 1.34. The van der Waals surface area contributed by atoms with Crippen molar-refractivity contribution in [2.24, 2.45) is 12.0 Å². The Labute approximate surface area is 131 Å². The molecule has 0 bridgehead atoms. The van der Waals surface area contributed by atoms with E-state index in [1.54, 1.807) is 18.1 Å². The normalized spacial score (nSPS) is 11.5. The first-order valence-electron chi connectivity index (χ1n) is 7.43. The Morgan fingerprint density at radius 2 is 2.09 bits per heavy atom. The smallest absolute Gasteiger partial charge is 0.191 e. The zero-order chi connectivity index (χ0) is 15.9. The van der Waals surface area contributed by atoms with Gasteiger partial charge in [0.25, 0.3) is 0 Å². The van der Waals surface area contributed by atoms with Crippen LogP contribution in [0.5, 0.6) is 0 Å². The fraction of sp³-hybridized carbons (Fsp3) is 0.438. The van der Waals surface area contributed by atoms with Gasteiger partial charge in [-0.2, -0.15) is 5.10 Å². The molecule has 6 heteroatoms. The van der Waals surface area contributed by atoms with Crippen LogP contribution >= 0.6 is 0 Å². The molecule has 0 radical (unpaired) electrons. The molecule has 1 aromatic heterocycles. The Kier molecular flexibility index (Phi) is 5.52. The molecule has 0 atom stereocenters. The highest BCUT2D eigenvalue weighted by Gasteiger charge is 2.03. The van der Waals surface area contributed by atoms with Crippen LogP contribution in [-0.4, -0.2) is 34.3 Å². The minimum Gasteiger partial charge on any atom is -0.356 e. The van der Waals surface area contributed by atoms with Crippen molar-refractivity contribution in [3.63, 3.8) is 0 Å². The fourth-order valence-corrected chi connectivity index (χ4v) is 2.31. The van der Waals surface area contributed by atoms with Crippen LogP contribution in [0.4, 0.5) is 0 Å². The molecule has 0 saturated heterocycles. The number of aryl methyl sites for hydroxylation is 3. The van der Waals surface area contributed by atoms with E-state index in [-0.39, 0.29) is 0 Å². The molecule has 1 aromatic carbocycles. The van der Waals surface area contributed by atoms with Gasteiger partial charge in [0, 0.05) is 20.6 Å². The first kappa shape index (κ1) is 16.0. The summed E-state index contributed by atoms with van der Waals surface area (Å²) in [5, 5.41) is 10.6. The average Bonchev–Trinajstić information content (AvgIpc) is 2.90. The molecule has 0 spiro atoms. The van der Waals surface area contributed by atoms with Gasteiger partial charge < -0.3 is 10.6 Å². The highest BCUT2D eigenvalue weighted by Crippen LogP contribution is 2.10. The van der Waals surface area contributed by atoms with Crippen molar-refractivity contribution >= 4 is 5.96 Å². The number of hydrogen-bond donors (Lipinski definition) is 2. The lowest BCUT2D eigenvalue weighted by Crippen LogP contribution is -2.38. The van der Waals surface area contributed by atoms with Crippen LogP contribution in [0.3, 0.4) is 0 Å². The SMILES string of the molecule is CN=C(NCCc1ccc(C)cc1C)NCc1ncnn1C. The van der Waals surface area contributed by atoms with E-state index in [1.807, 2.05) is 7.05 Å². The second-order valence-corrected chi connectivity index (χ2v) is 5.33. The zero-order valence-corrected chi connectivity index (χ0v) is 13.7. The summed E-state index contributed by atoms with van der Waals surface area (Å²) in [6, 6.07) is 6.57. The van der Waals surface area contributed by atoms with Crippen molar-refractivity contribution < 1.29 is 0 Å². The standard InChI is InChI=1S/C16H24N6/c1-12-5-6-14(13(2)9-12)7-8-18-16(17-3)19-10-15-20-11-21-22(15)4/h5-6,9,11H,7-8,10H2,1-4H3,(H2,17,18,19). The summed E-state index contributed by atoms with van der Waals surface area (Å²) < 4.78 is 1.75. The summed E-state index contributed by atoms with van der Waals surface area (Å²) in [6.45, 7) is 5.71. The van der Waals surface area contributed by atoms with Crippen molar-refractivity contribution in [2.75, 3.05) is 13.6 Å². The van der Waals surface area contributed by atoms with E-state index in [0.29, 0.717) is 6.54 Å². The minimum absolute atomic E-state index is 0.597. The summed E-state index contributed by atoms with van der Waals surface area (Å²) in [5.41, 5.74) is 4.00. The van der Waals surface area contributed by atoms with Crippen molar-refractivity contribution in [2.45, 2.75) is 26.8 Å². The Hall–Kier alpha value is -2.37. The average molecular weight is 300 g/mol. The maximum atomic E-state index is 4.22. The molecule has 0 aliphatic rings. The van der Waals surface area contributed by atoms with Gasteiger partial charge in [0.05, 0.1) is 6.54 Å². The summed E-state index contributed by atoms with van der Waals surface area (Å²) >= 11 is 0. The van der Waals surface area contributed by atoms with Crippen LogP contribution in [0.1, 0.15) is 22.5 Å². The van der Waals surface area contributed by atoms with E-state index >= 15 is 0 Å². The van der Waals surface area contributed by atoms with Crippen molar-refractivity contribution in [1.82, 2.24) is 25.4 Å². The maximum Gasteiger partial charge on any atom is 0.191 e. The molecule has 2 N–H and O–H groups in total. The molecular weight excluding hydrogens is 276 g/mol. The molecule has 2 aromatic rings. The van der Waals surface area contributed by atoms with Gasteiger partial charge in [0.15, 0.2) is 5.96 Å². The van der Waals surface area contributed by atoms with E-state index in [4.69, 9.17) is 0 Å². The first-order chi connectivity index (χ1) is 10.6. The van der Waals surface area contributed by atoms with Crippen LogP contribution in [0.2, 0.25) is 0 Å². The molecule has 6 nitrogen and oxygen atoms in total. The molecule has 0 saturated carbocycles. The molecule has 0 fully saturated rings. The number of nitrogens with zero attached hydrogens (tertiary/aromatic N) is 4. The van der Waals surface area contributed by atoms with E-state index in [1.165, 1.54) is 16.7 Å². The van der Waals surface area contributed by atoms with Gasteiger partial charge in [-0.3, -0.25) is 9.67 Å². The van der Waals surface area contributed by atoms with Crippen LogP contribution in [0.25, 0.3) is 0 Å². The van der Waals surface area contributed by atoms with Gasteiger partial charge in [-0.1, -0.05) is 23.8 Å². The number of hydrogen-bond acceptors (Lipinski definition) is 3. The van der Waals surface area contributed by atoms with Gasteiger partial charge in [0.1, 0.15) is 12.2 Å². The van der Waals surface area contributed by atoms with E-state index in [9.17, 15) is 0 Å². The van der Waals surface area contributed by atoms with Gasteiger partial charge in [0.2, 0.25) is 0 Å². The lowest BCUT2D eigenvalue weighted by molar-refractivity contribution is 0.672. The second kappa shape index (κ2) is 7.59. The highest BCUT2D eigenvalue weighted by molar-refractivity contribution is 5.79. The lowest BCUT2D eigenvalue weighted by atomic mass is 10.0. The Bertz CT molecular complexity index is 644. The largest absolute Gasteiger partial charge is 0.356 e. The third-order valence-corrected chi connectivity index (χ3v) is 3.63. The quantitative estimate of drug-likeness (QED) is 0.646. The third kappa shape index (κ3) is 4.31. The maximum absolute atomic E-state index is 4.22. The van der Waals surface area contributed by atoms with Gasteiger partial charge in [-0.15, -0.1) is 0 Å². The van der Waals surface area contributed by atoms with Crippen molar-refractivity contribution in [1.29, 1.82) is 0 Å². The highest BCUT2D eigenvalue weighted by atomic mass is 15.3. The van der Waals surface area contributed by atoms with Gasteiger partial charge in [-0.25, -0.2) is 4.98 Å². The summed E-state index contributed by atoms with van der Waals surface area (Å²) in [6.07, 6.45) is 2.52. The molecule has 22 heavy (non-hydrogen) atoms. The second-order valence-electron chi connectivity index (χ2n) is 5.33.